The average molecular weight is 573 g/mol. The van der Waals surface area contributed by atoms with E-state index in [1.165, 1.54) is 52.2 Å². The van der Waals surface area contributed by atoms with E-state index in [1.54, 1.807) is 0 Å². The highest BCUT2D eigenvalue weighted by Crippen LogP contribution is 2.41. The van der Waals surface area contributed by atoms with Crippen LogP contribution in [-0.2, 0) is 25.8 Å². The molecule has 39 heavy (non-hydrogen) atoms. The van der Waals surface area contributed by atoms with Crippen molar-refractivity contribution in [3.63, 3.8) is 0 Å². The van der Waals surface area contributed by atoms with Crippen LogP contribution in [0.15, 0.2) is 53.4 Å². The third-order valence-electron chi connectivity index (χ3n) is 5.74. The van der Waals surface area contributed by atoms with Gasteiger partial charge in [0.1, 0.15) is 11.9 Å². The molecule has 15 heteroatoms. The van der Waals surface area contributed by atoms with Crippen LogP contribution in [0.5, 0.6) is 5.75 Å². The lowest BCUT2D eigenvalue weighted by atomic mass is 9.94. The molecule has 2 aromatic rings. The molecule has 0 aromatic heterocycles. The molecular formula is C24H27F3N4O7S. The fourth-order valence-electron chi connectivity index (χ4n) is 4.04. The third-order valence-corrected chi connectivity index (χ3v) is 7.53. The Morgan fingerprint density at radius 1 is 1.08 bits per heavy atom. The van der Waals surface area contributed by atoms with E-state index in [0.29, 0.717) is 16.4 Å². The molecular weight excluding hydrogens is 545 g/mol. The molecule has 0 saturated heterocycles. The lowest BCUT2D eigenvalue weighted by molar-refractivity contribution is -0.145. The standard InChI is InChI=1S/C24H27F3N4O7S/c1-23(2,29-20(32)21(33)30(3)4)13-18-19(28-22(34)35)31(16-10-5-6-11-17(16)38-18)39(36,37)15-9-7-8-14(12-15)24(25,26)27/h5-12,18-19,28H,13H2,1-4H3,(H,29,32)(H,34,35). The van der Waals surface area contributed by atoms with Gasteiger partial charge in [0.15, 0.2) is 6.17 Å². The van der Waals surface area contributed by atoms with E-state index in [2.05, 4.69) is 10.6 Å². The van der Waals surface area contributed by atoms with Gasteiger partial charge in [-0.05, 0) is 44.2 Å². The summed E-state index contributed by atoms with van der Waals surface area (Å²) in [4.78, 5) is 36.5. The van der Waals surface area contributed by atoms with Crippen LogP contribution in [0, 0.1) is 0 Å². The van der Waals surface area contributed by atoms with Crippen molar-refractivity contribution >= 4 is 33.6 Å². The summed E-state index contributed by atoms with van der Waals surface area (Å²) >= 11 is 0. The third kappa shape index (κ3) is 6.53. The Morgan fingerprint density at radius 3 is 2.31 bits per heavy atom. The first-order valence-electron chi connectivity index (χ1n) is 11.4. The number of carboxylic acid groups (broad SMARTS) is 1. The summed E-state index contributed by atoms with van der Waals surface area (Å²) in [6.45, 7) is 3.03. The molecule has 3 rings (SSSR count). The number of anilines is 1. The molecule has 0 radical (unpaired) electrons. The highest BCUT2D eigenvalue weighted by atomic mass is 32.2. The van der Waals surface area contributed by atoms with Crippen LogP contribution in [0.3, 0.4) is 0 Å². The molecule has 2 atom stereocenters. The predicted molar refractivity (Wildman–Crippen MR) is 132 cm³/mol. The first kappa shape index (κ1) is 29.5. The van der Waals surface area contributed by atoms with Crippen LogP contribution in [-0.4, -0.2) is 68.2 Å². The van der Waals surface area contributed by atoms with Crippen LogP contribution in [0.4, 0.5) is 23.7 Å². The number of hydrogen-bond acceptors (Lipinski definition) is 6. The number of rotatable bonds is 6. The summed E-state index contributed by atoms with van der Waals surface area (Å²) in [5.74, 6) is -1.81. The molecule has 3 N–H and O–H groups in total. The second-order valence-electron chi connectivity index (χ2n) is 9.59. The van der Waals surface area contributed by atoms with E-state index < -0.39 is 62.4 Å². The molecule has 2 aromatic carbocycles. The van der Waals surface area contributed by atoms with Crippen LogP contribution < -0.4 is 19.7 Å². The van der Waals surface area contributed by atoms with Crippen molar-refractivity contribution < 1.29 is 45.8 Å². The Balaban J connectivity index is 2.11. The van der Waals surface area contributed by atoms with Crippen molar-refractivity contribution in [2.24, 2.45) is 0 Å². The number of alkyl halides is 3. The molecule has 3 amide bonds. The Labute approximate surface area is 222 Å². The number of likely N-dealkylation sites (N-methyl/N-ethyl adjacent to an activating group) is 1. The summed E-state index contributed by atoms with van der Waals surface area (Å²) in [5.41, 5.74) is -2.56. The zero-order chi connectivity index (χ0) is 29.3. The van der Waals surface area contributed by atoms with E-state index in [1.807, 2.05) is 0 Å². The lowest BCUT2D eigenvalue weighted by Gasteiger charge is -2.44. The quantitative estimate of drug-likeness (QED) is 0.451. The number of nitrogens with zero attached hydrogens (tertiary/aromatic N) is 2. The molecule has 0 bridgehead atoms. The highest BCUT2D eigenvalue weighted by Gasteiger charge is 2.46. The van der Waals surface area contributed by atoms with Crippen molar-refractivity contribution in [2.45, 2.75) is 49.1 Å². The summed E-state index contributed by atoms with van der Waals surface area (Å²) in [6.07, 6.45) is -9.64. The van der Waals surface area contributed by atoms with Crippen molar-refractivity contribution in [2.75, 3.05) is 18.4 Å². The predicted octanol–water partition coefficient (Wildman–Crippen LogP) is 2.63. The van der Waals surface area contributed by atoms with Gasteiger partial charge in [-0.3, -0.25) is 14.9 Å². The van der Waals surface area contributed by atoms with Gasteiger partial charge >= 0.3 is 24.1 Å². The van der Waals surface area contributed by atoms with Crippen molar-refractivity contribution in [1.29, 1.82) is 0 Å². The Hall–Kier alpha value is -4.01. The maximum atomic E-state index is 13.8. The molecule has 1 heterocycles. The first-order chi connectivity index (χ1) is 17.9. The number of nitrogens with one attached hydrogen (secondary N) is 2. The number of halogens is 3. The molecule has 1 aliphatic heterocycles. The molecule has 212 valence electrons. The maximum absolute atomic E-state index is 13.8. The number of carbonyl (C=O) groups is 3. The number of ether oxygens (including phenoxy) is 1. The largest absolute Gasteiger partial charge is 0.484 e. The fraction of sp³-hybridized carbons (Fsp3) is 0.375. The van der Waals surface area contributed by atoms with Gasteiger partial charge in [-0.25, -0.2) is 17.5 Å². The summed E-state index contributed by atoms with van der Waals surface area (Å²) < 4.78 is 74.4. The van der Waals surface area contributed by atoms with Gasteiger partial charge in [0.2, 0.25) is 0 Å². The summed E-state index contributed by atoms with van der Waals surface area (Å²) in [6, 6.07) is 8.77. The SMILES string of the molecule is CN(C)C(=O)C(=O)NC(C)(C)CC1Oc2ccccc2N(S(=O)(=O)c2cccc(C(F)(F)F)c2)C1NC(=O)O. The summed E-state index contributed by atoms with van der Waals surface area (Å²) in [5, 5.41) is 14.2. The van der Waals surface area contributed by atoms with Crippen molar-refractivity contribution in [3.8, 4) is 5.75 Å². The van der Waals surface area contributed by atoms with E-state index in [4.69, 9.17) is 4.74 Å². The van der Waals surface area contributed by atoms with Gasteiger partial charge in [0.05, 0.1) is 16.1 Å². The van der Waals surface area contributed by atoms with E-state index >= 15 is 0 Å². The van der Waals surface area contributed by atoms with Crippen LogP contribution in [0.25, 0.3) is 0 Å². The molecule has 0 fully saturated rings. The molecule has 0 saturated carbocycles. The van der Waals surface area contributed by atoms with Crippen LogP contribution in [0.1, 0.15) is 25.8 Å². The minimum Gasteiger partial charge on any atom is -0.484 e. The Bertz CT molecular complexity index is 1380. The molecule has 1 aliphatic rings. The Morgan fingerprint density at radius 2 is 1.72 bits per heavy atom. The van der Waals surface area contributed by atoms with Gasteiger partial charge in [-0.15, -0.1) is 0 Å². The zero-order valence-corrected chi connectivity index (χ0v) is 22.1. The lowest BCUT2D eigenvalue weighted by Crippen LogP contribution is -2.63. The monoisotopic (exact) mass is 572 g/mol. The Kier molecular flexibility index (Phi) is 8.05. The van der Waals surface area contributed by atoms with Gasteiger partial charge in [-0.2, -0.15) is 13.2 Å². The van der Waals surface area contributed by atoms with Crippen molar-refractivity contribution in [3.05, 3.63) is 54.1 Å². The van der Waals surface area contributed by atoms with Crippen LogP contribution in [0.2, 0.25) is 0 Å². The first-order valence-corrected chi connectivity index (χ1v) is 12.9. The molecule has 0 spiro atoms. The van der Waals surface area contributed by atoms with Crippen LogP contribution >= 0.6 is 0 Å². The number of carbonyl (C=O) groups excluding carboxylic acids is 2. The fourth-order valence-corrected chi connectivity index (χ4v) is 5.69. The second-order valence-corrected chi connectivity index (χ2v) is 11.4. The highest BCUT2D eigenvalue weighted by molar-refractivity contribution is 7.92. The normalized spacial score (nSPS) is 17.5. The van der Waals surface area contributed by atoms with Crippen molar-refractivity contribution in [1.82, 2.24) is 15.5 Å². The van der Waals surface area contributed by atoms with E-state index in [0.717, 1.165) is 17.0 Å². The molecule has 0 aliphatic carbocycles. The smallest absolute Gasteiger partial charge is 0.416 e. The number of hydrogen-bond donors (Lipinski definition) is 3. The number of amides is 3. The van der Waals surface area contributed by atoms with Gasteiger partial charge in [0.25, 0.3) is 10.0 Å². The van der Waals surface area contributed by atoms with E-state index in [-0.39, 0.29) is 17.9 Å². The number of benzene rings is 2. The van der Waals surface area contributed by atoms with E-state index in [9.17, 15) is 41.1 Å². The van der Waals surface area contributed by atoms with Gasteiger partial charge in [-0.1, -0.05) is 18.2 Å². The number of fused-ring (bicyclic) bond motifs is 1. The number of sulfonamides is 1. The number of para-hydroxylation sites is 2. The second kappa shape index (κ2) is 10.6. The minimum absolute atomic E-state index is 0.00739. The average Bonchev–Trinajstić information content (AvgIpc) is 2.82. The van der Waals surface area contributed by atoms with Gasteiger partial charge < -0.3 is 20.1 Å². The zero-order valence-electron chi connectivity index (χ0n) is 21.3. The minimum atomic E-state index is -4.83. The maximum Gasteiger partial charge on any atom is 0.416 e. The topological polar surface area (TPSA) is 145 Å². The van der Waals surface area contributed by atoms with Gasteiger partial charge in [0, 0.05) is 26.1 Å². The molecule has 2 unspecified atom stereocenters. The summed E-state index contributed by atoms with van der Waals surface area (Å²) in [7, 11) is -2.06. The molecule has 11 nitrogen and oxygen atoms in total.